The summed E-state index contributed by atoms with van der Waals surface area (Å²) in [6, 6.07) is 11.0. The van der Waals surface area contributed by atoms with Crippen LogP contribution in [0.2, 0.25) is 0 Å². The Balaban J connectivity index is 1.61. The Bertz CT molecular complexity index is 1300. The van der Waals surface area contributed by atoms with Gasteiger partial charge in [0.1, 0.15) is 0 Å². The zero-order valence-corrected chi connectivity index (χ0v) is 23.7. The molecule has 11 heteroatoms. The number of alkyl halides is 3. The van der Waals surface area contributed by atoms with Crippen molar-refractivity contribution in [2.24, 2.45) is 5.92 Å². The number of allylic oxidation sites excluding steroid dienone is 1. The van der Waals surface area contributed by atoms with E-state index in [0.717, 1.165) is 41.8 Å². The van der Waals surface area contributed by atoms with Gasteiger partial charge < -0.3 is 15.5 Å². The number of hydrogen-bond donors (Lipinski definition) is 3. The lowest BCUT2D eigenvalue weighted by Crippen LogP contribution is -2.47. The third-order valence-electron chi connectivity index (χ3n) is 7.08. The minimum atomic E-state index is -4.83. The van der Waals surface area contributed by atoms with Crippen molar-refractivity contribution < 1.29 is 36.6 Å². The minimum absolute atomic E-state index is 0.0342. The first-order valence-electron chi connectivity index (χ1n) is 13.1. The molecular formula is C29H37F3N2O5S. The molecule has 0 fully saturated rings. The van der Waals surface area contributed by atoms with Gasteiger partial charge >= 0.3 is 12.1 Å². The number of aliphatic hydroxyl groups is 1. The van der Waals surface area contributed by atoms with Gasteiger partial charge in [-0.25, -0.2) is 8.42 Å². The van der Waals surface area contributed by atoms with Gasteiger partial charge in [0.2, 0.25) is 10.0 Å². The number of aliphatic hydroxyl groups excluding tert-OH is 1. The summed E-state index contributed by atoms with van der Waals surface area (Å²) in [6.07, 6.45) is -0.846. The number of likely N-dealkylation sites (N-methyl/N-ethyl adjacent to an activating group) is 1. The number of halogens is 3. The molecule has 3 N–H and O–H groups in total. The second-order valence-electron chi connectivity index (χ2n) is 11.0. The highest BCUT2D eigenvalue weighted by molar-refractivity contribution is 7.89. The predicted octanol–water partition coefficient (Wildman–Crippen LogP) is 4.74. The van der Waals surface area contributed by atoms with Gasteiger partial charge in [-0.3, -0.25) is 4.79 Å². The number of nitrogens with zero attached hydrogens (tertiary/aromatic N) is 1. The third kappa shape index (κ3) is 8.63. The summed E-state index contributed by atoms with van der Waals surface area (Å²) < 4.78 is 68.1. The maximum atomic E-state index is 13.7. The molecule has 0 radical (unpaired) electrons. The maximum Gasteiger partial charge on any atom is 0.417 e. The SMILES string of the molecule is CN(CC(O)CNC(C)(C)CC1Cc2ccccc2C1)S(=O)(=O)c1ccc(C=CCCC(=O)O)c(C(F)(F)F)c1. The molecule has 1 aliphatic carbocycles. The van der Waals surface area contributed by atoms with E-state index in [0.29, 0.717) is 12.0 Å². The van der Waals surface area contributed by atoms with Crippen molar-refractivity contribution in [1.82, 2.24) is 9.62 Å². The Hall–Kier alpha value is -2.73. The zero-order valence-electron chi connectivity index (χ0n) is 22.9. The van der Waals surface area contributed by atoms with E-state index in [1.807, 2.05) is 26.0 Å². The molecule has 0 saturated carbocycles. The van der Waals surface area contributed by atoms with Crippen LogP contribution in [0.4, 0.5) is 13.2 Å². The van der Waals surface area contributed by atoms with E-state index in [-0.39, 0.29) is 37.0 Å². The fourth-order valence-corrected chi connectivity index (χ4v) is 6.36. The highest BCUT2D eigenvalue weighted by Crippen LogP contribution is 2.35. The van der Waals surface area contributed by atoms with Crippen molar-refractivity contribution in [2.45, 2.75) is 68.7 Å². The van der Waals surface area contributed by atoms with Crippen molar-refractivity contribution in [1.29, 1.82) is 0 Å². The molecule has 0 aliphatic heterocycles. The van der Waals surface area contributed by atoms with Crippen LogP contribution in [0.15, 0.2) is 53.4 Å². The van der Waals surface area contributed by atoms with E-state index in [4.69, 9.17) is 5.11 Å². The summed E-state index contributed by atoms with van der Waals surface area (Å²) in [6.45, 7) is 3.86. The molecule has 0 bridgehead atoms. The van der Waals surface area contributed by atoms with E-state index in [1.165, 1.54) is 24.3 Å². The quantitative estimate of drug-likeness (QED) is 0.315. The number of benzene rings is 2. The summed E-state index contributed by atoms with van der Waals surface area (Å²) >= 11 is 0. The molecule has 0 aromatic heterocycles. The Morgan fingerprint density at radius 1 is 1.15 bits per heavy atom. The van der Waals surface area contributed by atoms with Gasteiger partial charge in [0.05, 0.1) is 16.6 Å². The summed E-state index contributed by atoms with van der Waals surface area (Å²) in [7, 11) is -3.11. The molecule has 1 atom stereocenters. The van der Waals surface area contributed by atoms with E-state index in [1.54, 1.807) is 0 Å². The molecular weight excluding hydrogens is 545 g/mol. The molecule has 220 valence electrons. The number of aliphatic carboxylic acids is 1. The van der Waals surface area contributed by atoms with Crippen LogP contribution < -0.4 is 5.32 Å². The number of rotatable bonds is 13. The first kappa shape index (κ1) is 31.8. The van der Waals surface area contributed by atoms with Gasteiger partial charge in [-0.15, -0.1) is 0 Å². The highest BCUT2D eigenvalue weighted by Gasteiger charge is 2.35. The van der Waals surface area contributed by atoms with Crippen LogP contribution in [-0.4, -0.2) is 60.7 Å². The van der Waals surface area contributed by atoms with Crippen LogP contribution in [0.25, 0.3) is 6.08 Å². The van der Waals surface area contributed by atoms with Gasteiger partial charge in [-0.05, 0) is 74.3 Å². The number of carboxylic acid groups (broad SMARTS) is 1. The molecule has 1 aliphatic rings. The average Bonchev–Trinajstić information content (AvgIpc) is 3.26. The van der Waals surface area contributed by atoms with E-state index in [2.05, 4.69) is 17.4 Å². The van der Waals surface area contributed by atoms with E-state index in [9.17, 15) is 31.5 Å². The summed E-state index contributed by atoms with van der Waals surface area (Å²) in [5.41, 5.74) is 0.973. The average molecular weight is 583 g/mol. The van der Waals surface area contributed by atoms with Crippen LogP contribution in [0, 0.1) is 5.92 Å². The van der Waals surface area contributed by atoms with Crippen molar-refractivity contribution in [3.05, 3.63) is 70.8 Å². The third-order valence-corrected chi connectivity index (χ3v) is 8.90. The first-order chi connectivity index (χ1) is 18.6. The van der Waals surface area contributed by atoms with Gasteiger partial charge in [-0.1, -0.05) is 42.5 Å². The lowest BCUT2D eigenvalue weighted by atomic mass is 9.88. The predicted molar refractivity (Wildman–Crippen MR) is 147 cm³/mol. The Kier molecular flexibility index (Phi) is 10.2. The summed E-state index contributed by atoms with van der Waals surface area (Å²) in [4.78, 5) is 10.1. The number of β-amino-alcohol motifs (C(OH)–C–C–N with tert-alkyl or cyclic N) is 1. The number of fused-ring (bicyclic) bond motifs is 1. The smallest absolute Gasteiger partial charge is 0.417 e. The van der Waals surface area contributed by atoms with Crippen molar-refractivity contribution in [3.8, 4) is 0 Å². The topological polar surface area (TPSA) is 107 Å². The van der Waals surface area contributed by atoms with Crippen molar-refractivity contribution in [3.63, 3.8) is 0 Å². The molecule has 2 aromatic carbocycles. The zero-order chi connectivity index (χ0) is 29.7. The van der Waals surface area contributed by atoms with Crippen LogP contribution in [-0.2, 0) is 33.8 Å². The molecule has 2 aromatic rings. The number of carboxylic acids is 1. The Labute approximate surface area is 233 Å². The van der Waals surface area contributed by atoms with Gasteiger partial charge in [-0.2, -0.15) is 17.5 Å². The van der Waals surface area contributed by atoms with Gasteiger partial charge in [0.15, 0.2) is 0 Å². The lowest BCUT2D eigenvalue weighted by Gasteiger charge is -2.31. The molecule has 0 spiro atoms. The number of hydrogen-bond acceptors (Lipinski definition) is 5. The van der Waals surface area contributed by atoms with Gasteiger partial charge in [0, 0.05) is 32.1 Å². The summed E-state index contributed by atoms with van der Waals surface area (Å²) in [5, 5.41) is 22.6. The van der Waals surface area contributed by atoms with Crippen LogP contribution in [0.5, 0.6) is 0 Å². The Morgan fingerprint density at radius 3 is 2.35 bits per heavy atom. The second-order valence-corrected chi connectivity index (χ2v) is 13.1. The fourth-order valence-electron chi connectivity index (χ4n) is 5.13. The van der Waals surface area contributed by atoms with E-state index < -0.39 is 38.7 Å². The minimum Gasteiger partial charge on any atom is -0.481 e. The van der Waals surface area contributed by atoms with Crippen LogP contribution in [0.1, 0.15) is 55.4 Å². The number of nitrogens with one attached hydrogen (secondary N) is 1. The molecule has 1 unspecified atom stereocenters. The lowest BCUT2D eigenvalue weighted by molar-refractivity contribution is -0.138. The maximum absolute atomic E-state index is 13.7. The van der Waals surface area contributed by atoms with Crippen LogP contribution in [0.3, 0.4) is 0 Å². The van der Waals surface area contributed by atoms with Crippen molar-refractivity contribution >= 4 is 22.1 Å². The largest absolute Gasteiger partial charge is 0.481 e. The van der Waals surface area contributed by atoms with E-state index >= 15 is 0 Å². The van der Waals surface area contributed by atoms with Crippen molar-refractivity contribution in [2.75, 3.05) is 20.1 Å². The normalized spacial score (nSPS) is 15.6. The summed E-state index contributed by atoms with van der Waals surface area (Å²) in [5.74, 6) is -0.621. The molecule has 7 nitrogen and oxygen atoms in total. The molecule has 0 amide bonds. The molecule has 0 heterocycles. The number of carbonyl (C=O) groups is 1. The second kappa shape index (κ2) is 12.8. The standard InChI is InChI=1S/C29H37F3N2O5S/c1-28(2,17-20-14-22-9-4-5-10-23(22)15-20)33-18-24(35)19-34(3)40(38,39)25-13-12-21(8-6-7-11-27(36)37)26(16-25)29(30,31)32/h4-6,8-10,12-13,16,20,24,33,35H,7,11,14-15,17-19H2,1-3H3,(H,36,37). The molecule has 0 saturated heterocycles. The molecule has 40 heavy (non-hydrogen) atoms. The molecule has 3 rings (SSSR count). The first-order valence-corrected chi connectivity index (χ1v) is 14.6. The monoisotopic (exact) mass is 582 g/mol. The fraction of sp³-hybridized carbons (Fsp3) is 0.483. The Morgan fingerprint density at radius 2 is 1.77 bits per heavy atom. The van der Waals surface area contributed by atoms with Crippen LogP contribution >= 0.6 is 0 Å². The highest BCUT2D eigenvalue weighted by atomic mass is 32.2. The van der Waals surface area contributed by atoms with Gasteiger partial charge in [0.25, 0.3) is 0 Å². The number of sulfonamides is 1.